The number of hydrogen-bond donors (Lipinski definition) is 1. The van der Waals surface area contributed by atoms with Crippen molar-refractivity contribution in [2.24, 2.45) is 0 Å². The molecule has 0 spiro atoms. The number of nitrogens with one attached hydrogen (secondary N) is 1. The Morgan fingerprint density at radius 3 is 2.76 bits per heavy atom. The number of aryl methyl sites for hydroxylation is 1. The largest absolute Gasteiger partial charge is 0.515 e. The number of thioether (sulfide) groups is 1. The standard InChI is InChI=1S/C11H18N2O3S/c1-4-7-8-12-9(10(13-8)17-6-3)16-11(14)15-5-2/h4-7H2,1-3H3,(H,12,13). The average Bonchev–Trinajstić information content (AvgIpc) is 2.62. The number of imidazole rings is 1. The lowest BCUT2D eigenvalue weighted by Gasteiger charge is -2.02. The second-order valence-corrected chi connectivity index (χ2v) is 4.54. The van der Waals surface area contributed by atoms with Crippen molar-refractivity contribution in [1.82, 2.24) is 9.97 Å². The molecule has 1 rings (SSSR count). The summed E-state index contributed by atoms with van der Waals surface area (Å²) in [6.45, 7) is 6.12. The van der Waals surface area contributed by atoms with Gasteiger partial charge in [0.15, 0.2) is 5.03 Å². The van der Waals surface area contributed by atoms with E-state index in [0.717, 1.165) is 24.4 Å². The summed E-state index contributed by atoms with van der Waals surface area (Å²) in [5.41, 5.74) is 0. The zero-order valence-electron chi connectivity index (χ0n) is 10.4. The van der Waals surface area contributed by atoms with Crippen molar-refractivity contribution in [3.63, 3.8) is 0 Å². The fraction of sp³-hybridized carbons (Fsp3) is 0.636. The zero-order valence-corrected chi connectivity index (χ0v) is 11.2. The van der Waals surface area contributed by atoms with Crippen molar-refractivity contribution < 1.29 is 14.3 Å². The van der Waals surface area contributed by atoms with Crippen molar-refractivity contribution in [2.75, 3.05) is 12.4 Å². The second-order valence-electron chi connectivity index (χ2n) is 3.29. The molecule has 5 nitrogen and oxygen atoms in total. The molecule has 0 saturated heterocycles. The van der Waals surface area contributed by atoms with Gasteiger partial charge in [-0.15, -0.1) is 11.8 Å². The minimum atomic E-state index is -0.697. The fourth-order valence-electron chi connectivity index (χ4n) is 1.28. The van der Waals surface area contributed by atoms with Crippen LogP contribution in [0.1, 0.15) is 33.0 Å². The van der Waals surface area contributed by atoms with Gasteiger partial charge >= 0.3 is 6.16 Å². The van der Waals surface area contributed by atoms with E-state index in [-0.39, 0.29) is 0 Å². The molecule has 1 aromatic heterocycles. The first kappa shape index (κ1) is 13.9. The lowest BCUT2D eigenvalue weighted by molar-refractivity contribution is 0.102. The molecule has 17 heavy (non-hydrogen) atoms. The Morgan fingerprint density at radius 1 is 1.41 bits per heavy atom. The van der Waals surface area contributed by atoms with Crippen LogP contribution in [0.4, 0.5) is 4.79 Å². The molecule has 1 heterocycles. The van der Waals surface area contributed by atoms with Gasteiger partial charge in [0.25, 0.3) is 0 Å². The Balaban J connectivity index is 2.76. The van der Waals surface area contributed by atoms with Gasteiger partial charge in [0, 0.05) is 6.42 Å². The molecule has 0 unspecified atom stereocenters. The normalized spacial score (nSPS) is 10.3. The second kappa shape index (κ2) is 7.21. The third-order valence-corrected chi connectivity index (χ3v) is 2.74. The summed E-state index contributed by atoms with van der Waals surface area (Å²) in [6, 6.07) is 0. The number of ether oxygens (including phenoxy) is 2. The maximum absolute atomic E-state index is 11.2. The van der Waals surface area contributed by atoms with Crippen LogP contribution >= 0.6 is 11.8 Å². The lowest BCUT2D eigenvalue weighted by Crippen LogP contribution is -2.10. The van der Waals surface area contributed by atoms with E-state index in [0.29, 0.717) is 17.5 Å². The number of aromatic nitrogens is 2. The first-order valence-electron chi connectivity index (χ1n) is 5.77. The predicted octanol–water partition coefficient (Wildman–Crippen LogP) is 3.01. The molecule has 0 fully saturated rings. The van der Waals surface area contributed by atoms with E-state index in [2.05, 4.69) is 16.9 Å². The van der Waals surface area contributed by atoms with E-state index >= 15 is 0 Å². The summed E-state index contributed by atoms with van der Waals surface area (Å²) in [5.74, 6) is 2.09. The zero-order chi connectivity index (χ0) is 12.7. The first-order chi connectivity index (χ1) is 8.21. The molecule has 0 saturated carbocycles. The van der Waals surface area contributed by atoms with Gasteiger partial charge in [-0.25, -0.2) is 9.78 Å². The van der Waals surface area contributed by atoms with Crippen LogP contribution in [0.5, 0.6) is 5.88 Å². The molecular weight excluding hydrogens is 240 g/mol. The van der Waals surface area contributed by atoms with Gasteiger partial charge in [-0.2, -0.15) is 0 Å². The van der Waals surface area contributed by atoms with E-state index in [9.17, 15) is 4.79 Å². The highest BCUT2D eigenvalue weighted by Crippen LogP contribution is 2.27. The summed E-state index contributed by atoms with van der Waals surface area (Å²) in [7, 11) is 0. The van der Waals surface area contributed by atoms with Crippen LogP contribution in [0.3, 0.4) is 0 Å². The van der Waals surface area contributed by atoms with Crippen LogP contribution in [-0.4, -0.2) is 28.5 Å². The van der Waals surface area contributed by atoms with Crippen LogP contribution in [0, 0.1) is 0 Å². The third kappa shape index (κ3) is 4.30. The van der Waals surface area contributed by atoms with E-state index in [1.807, 2.05) is 6.92 Å². The molecule has 6 heteroatoms. The number of H-pyrrole nitrogens is 1. The van der Waals surface area contributed by atoms with E-state index in [4.69, 9.17) is 9.47 Å². The van der Waals surface area contributed by atoms with Gasteiger partial charge < -0.3 is 14.5 Å². The Morgan fingerprint density at radius 2 is 2.18 bits per heavy atom. The first-order valence-corrected chi connectivity index (χ1v) is 6.76. The van der Waals surface area contributed by atoms with Crippen LogP contribution in [0.2, 0.25) is 0 Å². The maximum Gasteiger partial charge on any atom is 0.515 e. The van der Waals surface area contributed by atoms with Crippen molar-refractivity contribution in [3.05, 3.63) is 5.82 Å². The van der Waals surface area contributed by atoms with Gasteiger partial charge in [-0.05, 0) is 19.1 Å². The Hall–Kier alpha value is -1.17. The van der Waals surface area contributed by atoms with Crippen molar-refractivity contribution >= 4 is 17.9 Å². The number of hydrogen-bond acceptors (Lipinski definition) is 5. The number of carbonyl (C=O) groups is 1. The van der Waals surface area contributed by atoms with Crippen molar-refractivity contribution in [3.8, 4) is 5.88 Å². The molecule has 1 N–H and O–H groups in total. The number of rotatable bonds is 6. The number of aromatic amines is 1. The van der Waals surface area contributed by atoms with Crippen molar-refractivity contribution in [1.29, 1.82) is 0 Å². The molecule has 0 aliphatic carbocycles. The lowest BCUT2D eigenvalue weighted by atomic mass is 10.3. The highest BCUT2D eigenvalue weighted by atomic mass is 32.2. The molecule has 0 aliphatic rings. The third-order valence-electron chi connectivity index (χ3n) is 1.90. The smallest absolute Gasteiger partial charge is 0.434 e. The van der Waals surface area contributed by atoms with Gasteiger partial charge in [0.2, 0.25) is 5.88 Å². The summed E-state index contributed by atoms with van der Waals surface area (Å²) < 4.78 is 9.80. The van der Waals surface area contributed by atoms with Crippen LogP contribution in [0.25, 0.3) is 0 Å². The molecule has 0 bridgehead atoms. The Kier molecular flexibility index (Phi) is 5.90. The number of nitrogens with zero attached hydrogens (tertiary/aromatic N) is 1. The van der Waals surface area contributed by atoms with Crippen molar-refractivity contribution in [2.45, 2.75) is 38.6 Å². The summed E-state index contributed by atoms with van der Waals surface area (Å²) in [6.07, 6.45) is 1.13. The predicted molar refractivity (Wildman–Crippen MR) is 66.6 cm³/mol. The van der Waals surface area contributed by atoms with Crippen LogP contribution in [0.15, 0.2) is 5.03 Å². The van der Waals surface area contributed by atoms with Crippen LogP contribution in [-0.2, 0) is 11.2 Å². The highest BCUT2D eigenvalue weighted by Gasteiger charge is 2.15. The minimum absolute atomic E-state index is 0.297. The Labute approximate surface area is 105 Å². The van der Waals surface area contributed by atoms with Gasteiger partial charge in [-0.3, -0.25) is 0 Å². The summed E-state index contributed by atoms with van der Waals surface area (Å²) in [4.78, 5) is 18.6. The quantitative estimate of drug-likeness (QED) is 0.627. The molecule has 0 aromatic carbocycles. The highest BCUT2D eigenvalue weighted by molar-refractivity contribution is 7.99. The monoisotopic (exact) mass is 258 g/mol. The molecular formula is C11H18N2O3S. The number of carbonyl (C=O) groups excluding carboxylic acids is 1. The van der Waals surface area contributed by atoms with E-state index < -0.39 is 6.16 Å². The summed E-state index contributed by atoms with van der Waals surface area (Å²) in [5, 5.41) is 0.712. The minimum Gasteiger partial charge on any atom is -0.434 e. The Bertz CT molecular complexity index is 366. The molecule has 0 amide bonds. The van der Waals surface area contributed by atoms with Gasteiger partial charge in [0.1, 0.15) is 5.82 Å². The topological polar surface area (TPSA) is 64.2 Å². The molecule has 0 aliphatic heterocycles. The average molecular weight is 258 g/mol. The van der Waals surface area contributed by atoms with E-state index in [1.165, 1.54) is 11.8 Å². The fourth-order valence-corrected chi connectivity index (χ4v) is 1.95. The maximum atomic E-state index is 11.2. The molecule has 0 radical (unpaired) electrons. The molecule has 0 atom stereocenters. The van der Waals surface area contributed by atoms with Gasteiger partial charge in [-0.1, -0.05) is 13.8 Å². The van der Waals surface area contributed by atoms with E-state index in [1.54, 1.807) is 6.92 Å². The van der Waals surface area contributed by atoms with Crippen LogP contribution < -0.4 is 4.74 Å². The SMILES string of the molecule is CCCc1nc(SCC)c(OC(=O)OCC)[nH]1. The summed E-state index contributed by atoms with van der Waals surface area (Å²) >= 11 is 1.53. The molecule has 96 valence electrons. The van der Waals surface area contributed by atoms with Gasteiger partial charge in [0.05, 0.1) is 6.61 Å². The molecule has 1 aromatic rings.